The van der Waals surface area contributed by atoms with Crippen LogP contribution in [0.3, 0.4) is 0 Å². The molecule has 0 saturated carbocycles. The van der Waals surface area contributed by atoms with Gasteiger partial charge < -0.3 is 54.2 Å². The zero-order valence-electron chi connectivity index (χ0n) is 37.4. The zero-order valence-corrected chi connectivity index (χ0v) is 38.3. The number of ketones is 1. The molecule has 3 atom stereocenters. The Balaban J connectivity index is 0.779. The number of carbonyl (C=O) groups excluding carboxylic acids is 4. The molecule has 1 fully saturated rings. The predicted octanol–water partition coefficient (Wildman–Crippen LogP) is 6.10. The number of hydrogen-bond donors (Lipinski definition) is 5. The molecule has 17 heteroatoms. The Morgan fingerprint density at radius 3 is 2.16 bits per heavy atom. The van der Waals surface area contributed by atoms with Crippen LogP contribution in [0.2, 0.25) is 0 Å². The molecule has 2 aromatic heterocycles. The number of phenols is 2. The van der Waals surface area contributed by atoms with Crippen LogP contribution in [0.1, 0.15) is 48.7 Å². The summed E-state index contributed by atoms with van der Waals surface area (Å²) < 4.78 is 28.6. The van der Waals surface area contributed by atoms with Crippen molar-refractivity contribution in [1.82, 2.24) is 20.5 Å². The molecule has 6 aromatic rings. The Bertz CT molecular complexity index is 2610. The summed E-state index contributed by atoms with van der Waals surface area (Å²) in [4.78, 5) is 60.1. The lowest BCUT2D eigenvalue weighted by Gasteiger charge is -2.35. The van der Waals surface area contributed by atoms with Crippen molar-refractivity contribution in [3.8, 4) is 39.0 Å². The van der Waals surface area contributed by atoms with E-state index in [1.807, 2.05) is 45.0 Å². The molecule has 1 unspecified atom stereocenters. The van der Waals surface area contributed by atoms with Crippen LogP contribution in [0.15, 0.2) is 108 Å². The monoisotopic (exact) mass is 934 g/mol. The largest absolute Gasteiger partial charge is 0.508 e. The average Bonchev–Trinajstić information content (AvgIpc) is 4.08. The number of nitrogens with one attached hydrogen (secondary N) is 2. The third kappa shape index (κ3) is 12.6. The highest BCUT2D eigenvalue weighted by Gasteiger charge is 2.44. The van der Waals surface area contributed by atoms with E-state index in [0.717, 1.165) is 31.7 Å². The fraction of sp³-hybridized carbons (Fsp3) is 0.340. The molecule has 3 amide bonds. The third-order valence-corrected chi connectivity index (χ3v) is 12.2. The summed E-state index contributed by atoms with van der Waals surface area (Å²) in [5, 5.41) is 36.8. The van der Waals surface area contributed by atoms with Crippen LogP contribution < -0.4 is 15.4 Å². The smallest absolute Gasteiger partial charge is 0.246 e. The average molecular weight is 935 g/mol. The lowest BCUT2D eigenvalue weighted by molar-refractivity contribution is -0.144. The second-order valence-electron chi connectivity index (χ2n) is 17.1. The number of benzene rings is 4. The van der Waals surface area contributed by atoms with Gasteiger partial charge in [0.1, 0.15) is 42.5 Å². The van der Waals surface area contributed by atoms with E-state index in [0.29, 0.717) is 35.9 Å². The maximum Gasteiger partial charge on any atom is 0.246 e. The van der Waals surface area contributed by atoms with E-state index in [1.165, 1.54) is 22.6 Å². The molecule has 4 aromatic carbocycles. The van der Waals surface area contributed by atoms with Crippen molar-refractivity contribution in [2.24, 2.45) is 5.41 Å². The van der Waals surface area contributed by atoms with E-state index >= 15 is 0 Å². The van der Waals surface area contributed by atoms with Crippen molar-refractivity contribution >= 4 is 44.9 Å². The van der Waals surface area contributed by atoms with Gasteiger partial charge in [0.15, 0.2) is 17.9 Å². The summed E-state index contributed by atoms with van der Waals surface area (Å²) >= 11 is 1.40. The molecule has 16 nitrogen and oxygen atoms in total. The van der Waals surface area contributed by atoms with Crippen LogP contribution in [0.5, 0.6) is 17.2 Å². The minimum atomic E-state index is -0.990. The first kappa shape index (κ1) is 48.3. The van der Waals surface area contributed by atoms with Gasteiger partial charge in [-0.2, -0.15) is 0 Å². The van der Waals surface area contributed by atoms with Gasteiger partial charge in [-0.1, -0.05) is 45.0 Å². The molecule has 0 radical (unpaired) electrons. The van der Waals surface area contributed by atoms with Crippen molar-refractivity contribution in [1.29, 1.82) is 0 Å². The van der Waals surface area contributed by atoms with E-state index in [9.17, 15) is 34.5 Å². The molecule has 3 heterocycles. The van der Waals surface area contributed by atoms with Crippen molar-refractivity contribution in [3.63, 3.8) is 0 Å². The first-order chi connectivity index (χ1) is 32.2. The Kier molecular flexibility index (Phi) is 16.0. The van der Waals surface area contributed by atoms with Crippen LogP contribution in [0.4, 0.5) is 0 Å². The Morgan fingerprint density at radius 1 is 0.836 bits per heavy atom. The van der Waals surface area contributed by atoms with Crippen molar-refractivity contribution in [2.75, 3.05) is 52.8 Å². The van der Waals surface area contributed by atoms with Crippen LogP contribution in [-0.4, -0.2) is 120 Å². The summed E-state index contributed by atoms with van der Waals surface area (Å²) in [5.41, 5.74) is 2.72. The Hall–Kier alpha value is -6.63. The van der Waals surface area contributed by atoms with Gasteiger partial charge in [-0.15, -0.1) is 11.3 Å². The highest BCUT2D eigenvalue weighted by molar-refractivity contribution is 7.22. The summed E-state index contributed by atoms with van der Waals surface area (Å²) in [6.07, 6.45) is 2.14. The molecule has 1 aliphatic rings. The number of thiophene rings is 1. The maximum atomic E-state index is 13.9. The quantitative estimate of drug-likeness (QED) is 0.0408. The Morgan fingerprint density at radius 2 is 1.49 bits per heavy atom. The van der Waals surface area contributed by atoms with E-state index in [2.05, 4.69) is 15.6 Å². The lowest BCUT2D eigenvalue weighted by atomic mass is 9.85. The third-order valence-electron chi connectivity index (χ3n) is 11.0. The number of amides is 3. The number of aromatic nitrogens is 1. The first-order valence-electron chi connectivity index (χ1n) is 21.8. The number of aromatic hydroxyl groups is 2. The van der Waals surface area contributed by atoms with Crippen molar-refractivity contribution in [3.05, 3.63) is 120 Å². The molecule has 7 rings (SSSR count). The fourth-order valence-electron chi connectivity index (χ4n) is 7.57. The van der Waals surface area contributed by atoms with E-state index in [-0.39, 0.29) is 69.8 Å². The first-order valence-corrected chi connectivity index (χ1v) is 22.7. The molecular weight excluding hydrogens is 881 g/mol. The van der Waals surface area contributed by atoms with Crippen molar-refractivity contribution < 1.29 is 57.9 Å². The number of oxazole rings is 1. The maximum absolute atomic E-state index is 13.9. The van der Waals surface area contributed by atoms with Crippen LogP contribution in [-0.2, 0) is 35.1 Å². The van der Waals surface area contributed by atoms with Crippen molar-refractivity contribution in [2.45, 2.75) is 51.9 Å². The molecule has 0 spiro atoms. The van der Waals surface area contributed by atoms with Crippen LogP contribution in [0.25, 0.3) is 31.9 Å². The summed E-state index contributed by atoms with van der Waals surface area (Å²) in [6.45, 7) is 6.74. The number of aliphatic hydroxyl groups excluding tert-OH is 1. The molecule has 0 aliphatic carbocycles. The number of ether oxygens (including phenoxy) is 4. The number of carbonyl (C=O) groups is 4. The van der Waals surface area contributed by atoms with E-state index < -0.39 is 41.3 Å². The molecule has 0 bridgehead atoms. The van der Waals surface area contributed by atoms with Gasteiger partial charge in [-0.3, -0.25) is 19.2 Å². The standard InChI is InChI=1S/C50H54N4O12S/c1-50(2,3)47(49(61)54-28-37(57)24-40(54)48(60)52-26-31-4-6-32(7-5-31)41-27-51-30-66-41)53-43(58)29-64-21-20-62-18-19-63-22-23-65-38-15-10-33(11-16-38)45(59)44-39-17-14-36(56)25-42(39)67-46(44)34-8-12-35(55)13-9-34/h4-17,25,27,30,37,40,47,55-57H,18-24,26,28-29H2,1-3H3,(H,52,60)(H,53,58)/t37-,40+,47?/m1/s1. The SMILES string of the molecule is CC(C)(C)C(NC(=O)COCCOCCOCCOc1ccc(C(=O)c2c(-c3ccc(O)cc3)sc3cc(O)ccc23)cc1)C(=O)N1C[C@H](O)C[C@H]1C(=O)NCc1ccc(-c2cnco2)cc1. The van der Waals surface area contributed by atoms with Gasteiger partial charge in [-0.05, 0) is 83.3 Å². The normalized spacial score (nSPS) is 15.4. The fourth-order valence-corrected chi connectivity index (χ4v) is 8.81. The second kappa shape index (κ2) is 22.2. The minimum Gasteiger partial charge on any atom is -0.508 e. The van der Waals surface area contributed by atoms with Gasteiger partial charge in [0, 0.05) is 51.2 Å². The highest BCUT2D eigenvalue weighted by atomic mass is 32.1. The van der Waals surface area contributed by atoms with Crippen LogP contribution >= 0.6 is 11.3 Å². The second-order valence-corrected chi connectivity index (χ2v) is 18.1. The van der Waals surface area contributed by atoms with Gasteiger partial charge in [0.2, 0.25) is 17.7 Å². The summed E-state index contributed by atoms with van der Waals surface area (Å²) in [5.74, 6) is -0.141. The van der Waals surface area contributed by atoms with Gasteiger partial charge in [-0.25, -0.2) is 4.98 Å². The topological polar surface area (TPSA) is 219 Å². The highest BCUT2D eigenvalue weighted by Crippen LogP contribution is 2.41. The molecule has 5 N–H and O–H groups in total. The predicted molar refractivity (Wildman–Crippen MR) is 250 cm³/mol. The van der Waals surface area contributed by atoms with Crippen LogP contribution in [0, 0.1) is 5.41 Å². The molecule has 1 aliphatic heterocycles. The number of likely N-dealkylation sites (tertiary alicyclic amines) is 1. The minimum absolute atomic E-state index is 0.0397. The van der Waals surface area contributed by atoms with Gasteiger partial charge in [0.05, 0.1) is 45.3 Å². The number of nitrogens with zero attached hydrogens (tertiary/aromatic N) is 2. The molecular formula is C50H54N4O12S. The summed E-state index contributed by atoms with van der Waals surface area (Å²) in [6, 6.07) is 24.0. The zero-order chi connectivity index (χ0) is 47.5. The number of fused-ring (bicyclic) bond motifs is 1. The number of hydrogen-bond acceptors (Lipinski definition) is 14. The number of β-amino-alcohol motifs (C(OH)–C–C–N with tert-alkyl or cyclic N) is 1. The molecule has 1 saturated heterocycles. The Labute approximate surface area is 391 Å². The number of rotatable bonds is 21. The van der Waals surface area contributed by atoms with Gasteiger partial charge in [0.25, 0.3) is 0 Å². The molecule has 67 heavy (non-hydrogen) atoms. The van der Waals surface area contributed by atoms with Gasteiger partial charge >= 0.3 is 0 Å². The van der Waals surface area contributed by atoms with E-state index in [4.69, 9.17) is 23.4 Å². The number of phenolic OH excluding ortho intramolecular Hbond substituents is 2. The molecule has 352 valence electrons. The lowest BCUT2D eigenvalue weighted by Crippen LogP contribution is -2.58. The van der Waals surface area contributed by atoms with E-state index in [1.54, 1.807) is 72.9 Å². The number of aliphatic hydroxyl groups is 1. The summed E-state index contributed by atoms with van der Waals surface area (Å²) in [7, 11) is 0.